The van der Waals surface area contributed by atoms with Crippen molar-refractivity contribution < 1.29 is 24.0 Å². The molecule has 158 valence electrons. The van der Waals surface area contributed by atoms with E-state index in [4.69, 9.17) is 4.74 Å². The van der Waals surface area contributed by atoms with Crippen LogP contribution in [0.2, 0.25) is 0 Å². The van der Waals surface area contributed by atoms with Crippen LogP contribution >= 0.6 is 0 Å². The summed E-state index contributed by atoms with van der Waals surface area (Å²) in [5, 5.41) is 1.25. The maximum absolute atomic E-state index is 12.7. The van der Waals surface area contributed by atoms with E-state index in [1.165, 1.54) is 5.01 Å². The van der Waals surface area contributed by atoms with Crippen molar-refractivity contribution >= 4 is 18.5 Å². The second-order valence-electron chi connectivity index (χ2n) is 7.57. The van der Waals surface area contributed by atoms with Gasteiger partial charge in [0.2, 0.25) is 5.91 Å². The number of ether oxygens (including phenoxy) is 1. The molecule has 0 aliphatic carbocycles. The van der Waals surface area contributed by atoms with Crippen LogP contribution in [0.25, 0.3) is 0 Å². The van der Waals surface area contributed by atoms with Crippen LogP contribution in [0.4, 0.5) is 4.79 Å². The van der Waals surface area contributed by atoms with E-state index in [0.717, 1.165) is 38.5 Å². The normalized spacial score (nSPS) is 12.2. The van der Waals surface area contributed by atoms with Gasteiger partial charge in [0.25, 0.3) is 0 Å². The Labute approximate surface area is 163 Å². The Kier molecular flexibility index (Phi) is 13.3. The molecule has 1 atom stereocenters. The van der Waals surface area contributed by atoms with E-state index in [1.807, 2.05) is 0 Å². The number of carbonyl (C=O) groups excluding carboxylic acids is 3. The van der Waals surface area contributed by atoms with Crippen LogP contribution in [0, 0.1) is 5.92 Å². The summed E-state index contributed by atoms with van der Waals surface area (Å²) < 4.78 is 5.39. The Morgan fingerprint density at radius 1 is 1.07 bits per heavy atom. The zero-order valence-electron chi connectivity index (χ0n) is 17.5. The Morgan fingerprint density at radius 3 is 2.26 bits per heavy atom. The SMILES string of the molecule is CCCCCC(CNOC=O)C(=O)NN(CCCCC)C(=O)OC(C)(C)C. The van der Waals surface area contributed by atoms with Crippen molar-refractivity contribution in [1.29, 1.82) is 0 Å². The molecule has 0 aliphatic rings. The molecule has 0 fully saturated rings. The fourth-order valence-corrected chi connectivity index (χ4v) is 2.40. The molecule has 0 aromatic carbocycles. The summed E-state index contributed by atoms with van der Waals surface area (Å²) >= 11 is 0. The number of nitrogens with zero attached hydrogens (tertiary/aromatic N) is 1. The van der Waals surface area contributed by atoms with Crippen molar-refractivity contribution in [3.63, 3.8) is 0 Å². The summed E-state index contributed by atoms with van der Waals surface area (Å²) in [7, 11) is 0. The largest absolute Gasteiger partial charge is 0.442 e. The highest BCUT2D eigenvalue weighted by atomic mass is 16.7. The zero-order valence-corrected chi connectivity index (χ0v) is 17.5. The lowest BCUT2D eigenvalue weighted by Crippen LogP contribution is -2.51. The minimum atomic E-state index is -0.648. The molecule has 0 saturated heterocycles. The minimum absolute atomic E-state index is 0.186. The number of nitrogens with one attached hydrogen (secondary N) is 2. The molecule has 0 saturated carbocycles. The maximum atomic E-state index is 12.7. The molecule has 0 rings (SSSR count). The van der Waals surface area contributed by atoms with E-state index in [2.05, 4.69) is 29.6 Å². The summed E-state index contributed by atoms with van der Waals surface area (Å²) in [6.07, 6.45) is 5.69. The fraction of sp³-hybridized carbons (Fsp3) is 0.842. The molecule has 8 heteroatoms. The predicted octanol–water partition coefficient (Wildman–Crippen LogP) is 3.32. The molecule has 0 heterocycles. The van der Waals surface area contributed by atoms with Crippen LogP contribution in [-0.2, 0) is 19.2 Å². The molecular weight excluding hydrogens is 350 g/mol. The first kappa shape index (κ1) is 25.2. The second kappa shape index (κ2) is 14.3. The first-order chi connectivity index (χ1) is 12.7. The molecule has 1 unspecified atom stereocenters. The zero-order chi connectivity index (χ0) is 20.7. The van der Waals surface area contributed by atoms with E-state index in [0.29, 0.717) is 13.0 Å². The first-order valence-corrected chi connectivity index (χ1v) is 9.88. The topological polar surface area (TPSA) is 97.0 Å². The lowest BCUT2D eigenvalue weighted by atomic mass is 10.0. The quantitative estimate of drug-likeness (QED) is 0.286. The summed E-state index contributed by atoms with van der Waals surface area (Å²) in [5.74, 6) is -0.719. The molecule has 0 radical (unpaired) electrons. The molecule has 0 bridgehead atoms. The summed E-state index contributed by atoms with van der Waals surface area (Å²) in [6, 6.07) is 0. The molecule has 8 nitrogen and oxygen atoms in total. The predicted molar refractivity (Wildman–Crippen MR) is 103 cm³/mol. The number of unbranched alkanes of at least 4 members (excludes halogenated alkanes) is 4. The average Bonchev–Trinajstić information content (AvgIpc) is 2.58. The summed E-state index contributed by atoms with van der Waals surface area (Å²) in [6.45, 7) is 10.3. The Bertz CT molecular complexity index is 438. The number of hydroxylamine groups is 1. The number of hydrogen-bond donors (Lipinski definition) is 2. The fourth-order valence-electron chi connectivity index (χ4n) is 2.40. The van der Waals surface area contributed by atoms with Gasteiger partial charge in [0.15, 0.2) is 0 Å². The standard InChI is InChI=1S/C19H37N3O5/c1-6-8-10-12-16(14-20-26-15-23)17(24)21-22(13-11-9-7-2)18(25)27-19(3,4)5/h15-16,20H,6-14H2,1-5H3,(H,21,24). The van der Waals surface area contributed by atoms with Gasteiger partial charge in [-0.15, -0.1) is 0 Å². The van der Waals surface area contributed by atoms with Crippen LogP contribution in [0.1, 0.15) is 79.6 Å². The third-order valence-corrected chi connectivity index (χ3v) is 3.83. The molecule has 0 aromatic heterocycles. The average molecular weight is 388 g/mol. The van der Waals surface area contributed by atoms with E-state index < -0.39 is 17.6 Å². The number of carbonyl (C=O) groups is 3. The van der Waals surface area contributed by atoms with Crippen LogP contribution < -0.4 is 10.9 Å². The van der Waals surface area contributed by atoms with E-state index in [-0.39, 0.29) is 18.9 Å². The number of hydrazine groups is 1. The van der Waals surface area contributed by atoms with Gasteiger partial charge in [-0.25, -0.2) is 9.80 Å². The monoisotopic (exact) mass is 387 g/mol. The molecule has 0 aromatic rings. The van der Waals surface area contributed by atoms with Gasteiger partial charge >= 0.3 is 12.6 Å². The Hall–Kier alpha value is -1.83. The number of hydrogen-bond acceptors (Lipinski definition) is 6. The number of rotatable bonds is 13. The third kappa shape index (κ3) is 13.1. The van der Waals surface area contributed by atoms with Gasteiger partial charge in [0.05, 0.1) is 5.92 Å². The lowest BCUT2D eigenvalue weighted by molar-refractivity contribution is -0.138. The van der Waals surface area contributed by atoms with Gasteiger partial charge in [0, 0.05) is 13.1 Å². The Morgan fingerprint density at radius 2 is 1.70 bits per heavy atom. The van der Waals surface area contributed by atoms with Gasteiger partial charge in [-0.1, -0.05) is 46.0 Å². The van der Waals surface area contributed by atoms with Crippen LogP contribution in [-0.4, -0.2) is 42.2 Å². The second-order valence-corrected chi connectivity index (χ2v) is 7.57. The highest BCUT2D eigenvalue weighted by molar-refractivity contribution is 5.81. The lowest BCUT2D eigenvalue weighted by Gasteiger charge is -2.29. The van der Waals surface area contributed by atoms with E-state index in [1.54, 1.807) is 20.8 Å². The smallest absolute Gasteiger partial charge is 0.429 e. The van der Waals surface area contributed by atoms with Gasteiger partial charge in [0.1, 0.15) is 5.60 Å². The number of amides is 2. The van der Waals surface area contributed by atoms with Crippen molar-refractivity contribution in [3.8, 4) is 0 Å². The molecule has 2 amide bonds. The molecule has 0 aliphatic heterocycles. The highest BCUT2D eigenvalue weighted by Crippen LogP contribution is 2.13. The molecule has 0 spiro atoms. The Balaban J connectivity index is 4.96. The van der Waals surface area contributed by atoms with Crippen LogP contribution in [0.15, 0.2) is 0 Å². The molecule has 27 heavy (non-hydrogen) atoms. The maximum Gasteiger partial charge on any atom is 0.429 e. The van der Waals surface area contributed by atoms with Crippen LogP contribution in [0.5, 0.6) is 0 Å². The van der Waals surface area contributed by atoms with Crippen molar-refractivity contribution in [2.24, 2.45) is 5.92 Å². The highest BCUT2D eigenvalue weighted by Gasteiger charge is 2.26. The first-order valence-electron chi connectivity index (χ1n) is 9.88. The van der Waals surface area contributed by atoms with Crippen LogP contribution in [0.3, 0.4) is 0 Å². The summed E-state index contributed by atoms with van der Waals surface area (Å²) in [4.78, 5) is 39.9. The van der Waals surface area contributed by atoms with Gasteiger partial charge in [-0.05, 0) is 33.6 Å². The minimum Gasteiger partial charge on any atom is -0.442 e. The molecular formula is C19H37N3O5. The van der Waals surface area contributed by atoms with E-state index in [9.17, 15) is 14.4 Å². The van der Waals surface area contributed by atoms with Gasteiger partial charge in [-0.2, -0.15) is 5.48 Å². The van der Waals surface area contributed by atoms with Gasteiger partial charge in [-0.3, -0.25) is 15.0 Å². The van der Waals surface area contributed by atoms with Crippen molar-refractivity contribution in [2.45, 2.75) is 85.2 Å². The van der Waals surface area contributed by atoms with Crippen molar-refractivity contribution in [2.75, 3.05) is 13.1 Å². The van der Waals surface area contributed by atoms with Crippen molar-refractivity contribution in [3.05, 3.63) is 0 Å². The van der Waals surface area contributed by atoms with E-state index >= 15 is 0 Å². The van der Waals surface area contributed by atoms with Crippen molar-refractivity contribution in [1.82, 2.24) is 15.9 Å². The summed E-state index contributed by atoms with van der Waals surface area (Å²) in [5.41, 5.74) is 4.51. The van der Waals surface area contributed by atoms with Gasteiger partial charge < -0.3 is 9.57 Å². The third-order valence-electron chi connectivity index (χ3n) is 3.83. The molecule has 2 N–H and O–H groups in total.